The van der Waals surface area contributed by atoms with E-state index >= 15 is 0 Å². The van der Waals surface area contributed by atoms with Gasteiger partial charge in [0.2, 0.25) is 0 Å². The zero-order valence-electron chi connectivity index (χ0n) is 19.3. The number of carbonyl (C=O) groups excluding carboxylic acids is 1. The van der Waals surface area contributed by atoms with Gasteiger partial charge in [-0.1, -0.05) is 48.5 Å². The van der Waals surface area contributed by atoms with E-state index in [0.29, 0.717) is 0 Å². The van der Waals surface area contributed by atoms with Crippen LogP contribution >= 0.6 is 11.8 Å². The largest absolute Gasteiger partial charge is 0.599 e. The molecule has 0 radical (unpaired) electrons. The molecule has 34 heavy (non-hydrogen) atoms. The maximum atomic E-state index is 13.3. The van der Waals surface area contributed by atoms with Gasteiger partial charge in [-0.2, -0.15) is 11.8 Å². The van der Waals surface area contributed by atoms with E-state index in [1.165, 1.54) is 11.8 Å². The summed E-state index contributed by atoms with van der Waals surface area (Å²) in [5.74, 6) is -1.65. The van der Waals surface area contributed by atoms with Crippen molar-refractivity contribution in [2.45, 2.75) is 37.6 Å². The number of aliphatic imine (C=N–C) groups is 1. The molecule has 0 saturated carbocycles. The van der Waals surface area contributed by atoms with Crippen LogP contribution in [0.5, 0.6) is 0 Å². The van der Waals surface area contributed by atoms with Crippen molar-refractivity contribution in [3.63, 3.8) is 0 Å². The third kappa shape index (κ3) is 4.50. The average Bonchev–Trinajstić information content (AvgIpc) is 3.31. The van der Waals surface area contributed by atoms with Gasteiger partial charge in [0.05, 0.1) is 6.61 Å². The summed E-state index contributed by atoms with van der Waals surface area (Å²) in [5.41, 5.74) is 3.26. The molecule has 2 atom stereocenters. The Morgan fingerprint density at radius 1 is 1.21 bits per heavy atom. The van der Waals surface area contributed by atoms with E-state index in [1.54, 1.807) is 20.1 Å². The molecular formula is C25H27N2O6S-. The summed E-state index contributed by atoms with van der Waals surface area (Å²) >= 11 is 1.34. The SMILES string of the molecule is CSC[C@H](N=C([O-])OCC1c2ccccc2-c2ccccc21)C(=O)N1C(C(=O)O)COC1(C)C. The van der Waals surface area contributed by atoms with Gasteiger partial charge < -0.3 is 19.7 Å². The summed E-state index contributed by atoms with van der Waals surface area (Å²) in [6.45, 7) is 3.21. The predicted molar refractivity (Wildman–Crippen MR) is 128 cm³/mol. The molecule has 1 amide bonds. The number of rotatable bonds is 7. The summed E-state index contributed by atoms with van der Waals surface area (Å²) in [6, 6.07) is 13.8. The van der Waals surface area contributed by atoms with Gasteiger partial charge in [-0.3, -0.25) is 14.7 Å². The van der Waals surface area contributed by atoms with E-state index in [2.05, 4.69) is 4.99 Å². The lowest BCUT2D eigenvalue weighted by atomic mass is 9.98. The second-order valence-electron chi connectivity index (χ2n) is 8.72. The Hall–Kier alpha value is -3.04. The van der Waals surface area contributed by atoms with Crippen molar-refractivity contribution in [1.29, 1.82) is 0 Å². The standard InChI is InChI=1S/C25H28N2O6S/c1-25(2)27(21(13-33-25)23(29)30)22(28)20(14-34-3)26-24(31)32-12-19-17-10-6-4-8-15(17)16-9-5-7-11-18(16)19/h4-11,19-21H,12-14H2,1-3H3,(H,26,31)(H,29,30)/p-1/t20-,21?/m0/s1. The number of nitrogens with zero attached hydrogens (tertiary/aromatic N) is 2. The van der Waals surface area contributed by atoms with Crippen molar-refractivity contribution in [2.24, 2.45) is 4.99 Å². The zero-order chi connectivity index (χ0) is 24.5. The molecule has 1 heterocycles. The minimum atomic E-state index is -1.16. The minimum Gasteiger partial charge on any atom is -0.599 e. The van der Waals surface area contributed by atoms with Crippen LogP contribution in [-0.2, 0) is 19.1 Å². The van der Waals surface area contributed by atoms with Crippen molar-refractivity contribution < 1.29 is 29.3 Å². The number of fused-ring (bicyclic) bond motifs is 3. The van der Waals surface area contributed by atoms with Gasteiger partial charge in [-0.15, -0.1) is 0 Å². The molecule has 1 unspecified atom stereocenters. The molecule has 0 aromatic heterocycles. The number of carbonyl (C=O) groups is 2. The number of carboxylic acid groups (broad SMARTS) is 1. The summed E-state index contributed by atoms with van der Waals surface area (Å²) in [5, 5.41) is 22.2. The number of aliphatic carboxylic acids is 1. The van der Waals surface area contributed by atoms with Gasteiger partial charge in [0.25, 0.3) is 5.91 Å². The van der Waals surface area contributed by atoms with Crippen molar-refractivity contribution in [3.8, 4) is 11.1 Å². The fraction of sp³-hybridized carbons (Fsp3) is 0.400. The van der Waals surface area contributed by atoms with Crippen LogP contribution in [0.25, 0.3) is 11.1 Å². The number of carboxylic acids is 1. The molecule has 1 saturated heterocycles. The molecule has 2 aromatic carbocycles. The fourth-order valence-electron chi connectivity index (χ4n) is 4.64. The number of amides is 1. The molecule has 1 aliphatic carbocycles. The molecule has 0 bridgehead atoms. The molecule has 1 aliphatic heterocycles. The molecule has 8 nitrogen and oxygen atoms in total. The Morgan fingerprint density at radius 3 is 2.35 bits per heavy atom. The molecule has 4 rings (SSSR count). The Kier molecular flexibility index (Phi) is 6.86. The molecule has 0 spiro atoms. The van der Waals surface area contributed by atoms with E-state index in [-0.39, 0.29) is 24.9 Å². The molecule has 9 heteroatoms. The summed E-state index contributed by atoms with van der Waals surface area (Å²) in [7, 11) is 0. The predicted octanol–water partition coefficient (Wildman–Crippen LogP) is 2.31. The Morgan fingerprint density at radius 2 is 1.79 bits per heavy atom. The highest BCUT2D eigenvalue weighted by molar-refractivity contribution is 7.98. The summed E-state index contributed by atoms with van der Waals surface area (Å²) in [4.78, 5) is 30.1. The molecule has 2 aliphatic rings. The molecule has 2 aromatic rings. The van der Waals surface area contributed by atoms with Crippen molar-refractivity contribution in [1.82, 2.24) is 4.90 Å². The highest BCUT2D eigenvalue weighted by Gasteiger charge is 2.48. The van der Waals surface area contributed by atoms with Crippen molar-refractivity contribution in [3.05, 3.63) is 59.7 Å². The minimum absolute atomic E-state index is 0.0899. The van der Waals surface area contributed by atoms with Crippen LogP contribution < -0.4 is 5.11 Å². The first-order chi connectivity index (χ1) is 16.2. The number of ether oxygens (including phenoxy) is 2. The number of hydrogen-bond acceptors (Lipinski definition) is 7. The van der Waals surface area contributed by atoms with E-state index < -0.39 is 35.8 Å². The summed E-state index contributed by atoms with van der Waals surface area (Å²) in [6.07, 6.45) is 0.937. The second kappa shape index (κ2) is 9.68. The lowest BCUT2D eigenvalue weighted by Gasteiger charge is -2.34. The topological polar surface area (TPSA) is 111 Å². The van der Waals surface area contributed by atoms with E-state index in [9.17, 15) is 19.8 Å². The Bertz CT molecular complexity index is 1070. The first kappa shape index (κ1) is 24.1. The van der Waals surface area contributed by atoms with Gasteiger partial charge in [0.15, 0.2) is 6.04 Å². The average molecular weight is 484 g/mol. The third-order valence-corrected chi connectivity index (χ3v) is 6.86. The van der Waals surface area contributed by atoms with Crippen LogP contribution in [0, 0.1) is 0 Å². The van der Waals surface area contributed by atoms with Crippen LogP contribution in [0.4, 0.5) is 0 Å². The maximum Gasteiger partial charge on any atom is 0.328 e. The molecule has 1 fully saturated rings. The van der Waals surface area contributed by atoms with Gasteiger partial charge in [-0.25, -0.2) is 4.79 Å². The van der Waals surface area contributed by atoms with E-state index in [4.69, 9.17) is 9.47 Å². The third-order valence-electron chi connectivity index (χ3n) is 6.22. The lowest BCUT2D eigenvalue weighted by Crippen LogP contribution is -2.54. The van der Waals surface area contributed by atoms with Gasteiger partial charge in [0, 0.05) is 18.3 Å². The van der Waals surface area contributed by atoms with Gasteiger partial charge >= 0.3 is 5.97 Å². The summed E-state index contributed by atoms with van der Waals surface area (Å²) < 4.78 is 11.0. The lowest BCUT2D eigenvalue weighted by molar-refractivity contribution is -0.251. The van der Waals surface area contributed by atoms with Crippen LogP contribution in [0.3, 0.4) is 0 Å². The first-order valence-electron chi connectivity index (χ1n) is 11.0. The number of hydrogen-bond donors (Lipinski definition) is 1. The smallest absolute Gasteiger partial charge is 0.328 e. The number of thioether (sulfide) groups is 1. The van der Waals surface area contributed by atoms with Crippen LogP contribution in [0.1, 0.15) is 30.9 Å². The normalized spacial score (nSPS) is 20.0. The van der Waals surface area contributed by atoms with Crippen LogP contribution in [0.15, 0.2) is 53.5 Å². The highest BCUT2D eigenvalue weighted by Crippen LogP contribution is 2.44. The molecule has 1 N–H and O–H groups in total. The monoisotopic (exact) mass is 483 g/mol. The Labute approximate surface area is 202 Å². The maximum absolute atomic E-state index is 13.3. The van der Waals surface area contributed by atoms with Gasteiger partial charge in [-0.05, 0) is 42.4 Å². The Balaban J connectivity index is 1.52. The van der Waals surface area contributed by atoms with Crippen molar-refractivity contribution in [2.75, 3.05) is 25.2 Å². The van der Waals surface area contributed by atoms with Crippen LogP contribution in [0.2, 0.25) is 0 Å². The molecular weight excluding hydrogens is 456 g/mol. The van der Waals surface area contributed by atoms with E-state index in [0.717, 1.165) is 27.2 Å². The van der Waals surface area contributed by atoms with Crippen LogP contribution in [-0.4, -0.2) is 71.0 Å². The van der Waals surface area contributed by atoms with Gasteiger partial charge in [0.1, 0.15) is 17.9 Å². The zero-order valence-corrected chi connectivity index (χ0v) is 20.1. The first-order valence-corrected chi connectivity index (χ1v) is 12.4. The number of benzene rings is 2. The highest BCUT2D eigenvalue weighted by atomic mass is 32.2. The fourth-order valence-corrected chi connectivity index (χ4v) is 5.18. The molecule has 180 valence electrons. The van der Waals surface area contributed by atoms with Crippen molar-refractivity contribution >= 4 is 29.7 Å². The quantitative estimate of drug-likeness (QED) is 0.475. The second-order valence-corrected chi connectivity index (χ2v) is 9.63. The van der Waals surface area contributed by atoms with E-state index in [1.807, 2.05) is 48.5 Å².